The van der Waals surface area contributed by atoms with E-state index in [-0.39, 0.29) is 17.5 Å². The maximum Gasteiger partial charge on any atom is 0.302 e. The molecule has 1 amide bonds. The summed E-state index contributed by atoms with van der Waals surface area (Å²) in [5.74, 6) is -0.891. The second-order valence-corrected chi connectivity index (χ2v) is 13.6. The molecular weight excluding hydrogens is 518 g/mol. The van der Waals surface area contributed by atoms with E-state index < -0.39 is 21.0 Å². The molecule has 3 aromatic rings. The number of hydrogen-bond donors (Lipinski definition) is 3. The highest BCUT2D eigenvalue weighted by atomic mass is 28.3. The van der Waals surface area contributed by atoms with Crippen molar-refractivity contribution in [2.45, 2.75) is 66.0 Å². The van der Waals surface area contributed by atoms with Crippen LogP contribution in [0.25, 0.3) is 11.1 Å². The lowest BCUT2D eigenvalue weighted by molar-refractivity contribution is -0.134. The molecule has 0 bridgehead atoms. The zero-order valence-corrected chi connectivity index (χ0v) is 25.7. The van der Waals surface area contributed by atoms with Crippen LogP contribution in [0, 0.1) is 26.7 Å². The molecule has 0 aliphatic carbocycles. The number of pyridine rings is 1. The topological polar surface area (TPSA) is 100 Å². The number of aromatic nitrogens is 1. The Hall–Kier alpha value is -3.49. The maximum atomic E-state index is 13.8. The fourth-order valence-electron chi connectivity index (χ4n) is 5.34. The molecule has 8 heteroatoms. The Bertz CT molecular complexity index is 1380. The van der Waals surface area contributed by atoms with Crippen LogP contribution >= 0.6 is 0 Å². The normalized spacial score (nSPS) is 12.8. The Morgan fingerprint density at radius 2 is 1.70 bits per heavy atom. The monoisotopic (exact) mass is 561 g/mol. The van der Waals surface area contributed by atoms with Crippen LogP contribution < -0.4 is 21.0 Å². The third-order valence-corrected chi connectivity index (χ3v) is 9.84. The van der Waals surface area contributed by atoms with Crippen molar-refractivity contribution < 1.29 is 14.7 Å². The predicted octanol–water partition coefficient (Wildman–Crippen LogP) is 4.01. The van der Waals surface area contributed by atoms with Crippen LogP contribution in [0.2, 0.25) is 6.04 Å². The van der Waals surface area contributed by atoms with Crippen molar-refractivity contribution in [2.24, 2.45) is 5.92 Å². The van der Waals surface area contributed by atoms with Gasteiger partial charge in [-0.2, -0.15) is 0 Å². The smallest absolute Gasteiger partial charge is 0.302 e. The van der Waals surface area contributed by atoms with Crippen molar-refractivity contribution >= 4 is 26.0 Å². The lowest BCUT2D eigenvalue weighted by atomic mass is 9.94. The largest absolute Gasteiger partial charge is 0.481 e. The van der Waals surface area contributed by atoms with Crippen molar-refractivity contribution in [2.75, 3.05) is 13.6 Å². The Labute approximate surface area is 239 Å². The molecule has 40 heavy (non-hydrogen) atoms. The number of carbonyl (C=O) groups excluding carboxylic acids is 1. The zero-order valence-electron chi connectivity index (χ0n) is 24.6. The molecule has 1 unspecified atom stereocenters. The first-order valence-corrected chi connectivity index (χ1v) is 16.0. The summed E-state index contributed by atoms with van der Waals surface area (Å²) >= 11 is 0. The van der Waals surface area contributed by atoms with Gasteiger partial charge in [0.1, 0.15) is 6.04 Å². The molecular formula is C32H43N3O4Si. The number of aryl methyl sites for hydroxylation is 3. The first-order chi connectivity index (χ1) is 19.0. The molecule has 1 aromatic heterocycles. The van der Waals surface area contributed by atoms with Gasteiger partial charge in [-0.25, -0.2) is 0 Å². The van der Waals surface area contributed by atoms with E-state index in [4.69, 9.17) is 0 Å². The Morgan fingerprint density at radius 1 is 1.00 bits per heavy atom. The van der Waals surface area contributed by atoms with Gasteiger partial charge in [0.15, 0.2) is 8.96 Å². The molecule has 214 valence electrons. The highest BCUT2D eigenvalue weighted by Crippen LogP contribution is 2.28. The molecule has 0 aliphatic heterocycles. The number of carbonyl (C=O) groups is 2. The summed E-state index contributed by atoms with van der Waals surface area (Å²) in [6, 6.07) is 14.8. The third-order valence-electron chi connectivity index (χ3n) is 7.28. The van der Waals surface area contributed by atoms with Gasteiger partial charge in [0, 0.05) is 12.3 Å². The Morgan fingerprint density at radius 3 is 2.30 bits per heavy atom. The summed E-state index contributed by atoms with van der Waals surface area (Å²) in [5, 5.41) is 13.7. The number of aliphatic carboxylic acids is 1. The molecule has 0 radical (unpaired) electrons. The summed E-state index contributed by atoms with van der Waals surface area (Å²) in [7, 11) is -0.629. The van der Waals surface area contributed by atoms with Crippen LogP contribution in [-0.4, -0.2) is 44.1 Å². The van der Waals surface area contributed by atoms with Crippen LogP contribution in [0.15, 0.2) is 59.5 Å². The number of carboxylic acid groups (broad SMARTS) is 1. The number of benzene rings is 2. The lowest BCUT2D eigenvalue weighted by Gasteiger charge is -2.24. The molecule has 0 aliphatic rings. The average molecular weight is 562 g/mol. The summed E-state index contributed by atoms with van der Waals surface area (Å²) in [4.78, 5) is 41.9. The van der Waals surface area contributed by atoms with Crippen LogP contribution in [0.3, 0.4) is 0 Å². The van der Waals surface area contributed by atoms with E-state index in [2.05, 4.69) is 57.1 Å². The van der Waals surface area contributed by atoms with Crippen molar-refractivity contribution in [3.63, 3.8) is 0 Å². The number of rotatable bonds is 13. The summed E-state index contributed by atoms with van der Waals surface area (Å²) < 4.78 is 1.50. The minimum Gasteiger partial charge on any atom is -0.481 e. The standard InChI is InChI=1S/C32H43N3O4Si/c1-21(2)10-11-28(35-15-13-25(12-14-33-6)18-29(35)36)32(39)34-40(20-30(37)38)27-9-7-8-26(19-27)31-23(4)16-22(3)17-24(31)5/h7-9,13,15-19,21,28,33,40H,10-12,14,20H2,1-6H3,(H,34,39)(H,37,38)/t28?,40-/m0/s1. The van der Waals surface area contributed by atoms with Gasteiger partial charge >= 0.3 is 5.97 Å². The van der Waals surface area contributed by atoms with Gasteiger partial charge in [-0.05, 0) is 98.6 Å². The van der Waals surface area contributed by atoms with Crippen molar-refractivity contribution in [3.05, 3.63) is 87.3 Å². The van der Waals surface area contributed by atoms with E-state index in [1.807, 2.05) is 37.4 Å². The van der Waals surface area contributed by atoms with Crippen LogP contribution in [0.1, 0.15) is 55.0 Å². The Balaban J connectivity index is 1.96. The van der Waals surface area contributed by atoms with E-state index in [0.29, 0.717) is 12.3 Å². The maximum absolute atomic E-state index is 13.8. The summed E-state index contributed by atoms with van der Waals surface area (Å²) in [5.41, 5.74) is 6.33. The SMILES string of the molecule is CNCCc1ccn(C(CCC(C)C)C(=O)N[Si@@H](CC(=O)O)c2cccc(-c3c(C)cc(C)cc3C)c2)c(=O)c1. The van der Waals surface area contributed by atoms with E-state index in [9.17, 15) is 19.5 Å². The molecule has 3 N–H and O–H groups in total. The van der Waals surface area contributed by atoms with Gasteiger partial charge in [-0.3, -0.25) is 14.4 Å². The van der Waals surface area contributed by atoms with Gasteiger partial charge in [0.25, 0.3) is 5.56 Å². The lowest BCUT2D eigenvalue weighted by Crippen LogP contribution is -2.52. The number of nitrogens with one attached hydrogen (secondary N) is 2. The van der Waals surface area contributed by atoms with E-state index in [0.717, 1.165) is 52.4 Å². The van der Waals surface area contributed by atoms with Gasteiger partial charge in [0.2, 0.25) is 5.91 Å². The highest BCUT2D eigenvalue weighted by molar-refractivity contribution is 6.75. The molecule has 0 saturated heterocycles. The molecule has 0 saturated carbocycles. The van der Waals surface area contributed by atoms with E-state index in [1.165, 1.54) is 10.1 Å². The van der Waals surface area contributed by atoms with Crippen molar-refractivity contribution in [1.29, 1.82) is 0 Å². The first-order valence-electron chi connectivity index (χ1n) is 14.1. The third kappa shape index (κ3) is 8.25. The second kappa shape index (κ2) is 14.2. The highest BCUT2D eigenvalue weighted by Gasteiger charge is 2.27. The molecule has 3 rings (SSSR count). The summed E-state index contributed by atoms with van der Waals surface area (Å²) in [6.45, 7) is 11.2. The van der Waals surface area contributed by atoms with Crippen LogP contribution in [-0.2, 0) is 16.0 Å². The van der Waals surface area contributed by atoms with Crippen molar-refractivity contribution in [3.8, 4) is 11.1 Å². The van der Waals surface area contributed by atoms with Gasteiger partial charge in [0.05, 0.1) is 6.04 Å². The first kappa shape index (κ1) is 31.0. The van der Waals surface area contributed by atoms with Crippen molar-refractivity contribution in [1.82, 2.24) is 14.9 Å². The number of likely N-dealkylation sites (N-methyl/N-ethyl adjacent to an activating group) is 1. The number of amides is 1. The van der Waals surface area contributed by atoms with Gasteiger partial charge in [-0.1, -0.05) is 55.8 Å². The van der Waals surface area contributed by atoms with Gasteiger partial charge in [-0.15, -0.1) is 0 Å². The fraction of sp³-hybridized carbons (Fsp3) is 0.406. The predicted molar refractivity (Wildman–Crippen MR) is 165 cm³/mol. The van der Waals surface area contributed by atoms with Gasteiger partial charge < -0.3 is 20.0 Å². The summed E-state index contributed by atoms with van der Waals surface area (Å²) in [6.07, 6.45) is 3.68. The minimum absolute atomic E-state index is 0.129. The second-order valence-electron chi connectivity index (χ2n) is 11.2. The number of hydrogen-bond acceptors (Lipinski definition) is 4. The van der Waals surface area contributed by atoms with E-state index >= 15 is 0 Å². The zero-order chi connectivity index (χ0) is 29.4. The molecule has 1 heterocycles. The number of carboxylic acids is 1. The quantitative estimate of drug-likeness (QED) is 0.274. The Kier molecular flexibility index (Phi) is 11.0. The van der Waals surface area contributed by atoms with Crippen LogP contribution in [0.5, 0.6) is 0 Å². The fourth-order valence-corrected chi connectivity index (χ4v) is 7.46. The minimum atomic E-state index is -2.49. The molecule has 2 aromatic carbocycles. The van der Waals surface area contributed by atoms with E-state index in [1.54, 1.807) is 12.3 Å². The molecule has 7 nitrogen and oxygen atoms in total. The molecule has 0 fully saturated rings. The average Bonchev–Trinajstić information content (AvgIpc) is 2.87. The van der Waals surface area contributed by atoms with Crippen LogP contribution in [0.4, 0.5) is 0 Å². The molecule has 2 atom stereocenters. The number of nitrogens with zero attached hydrogens (tertiary/aromatic N) is 1. The molecule has 0 spiro atoms.